The Hall–Kier alpha value is -0.650. The highest BCUT2D eigenvalue weighted by atomic mass is 16.4. The van der Waals surface area contributed by atoms with Gasteiger partial charge in [-0.05, 0) is 39.8 Å². The molecule has 1 aliphatic heterocycles. The van der Waals surface area contributed by atoms with E-state index in [0.717, 1.165) is 45.4 Å². The van der Waals surface area contributed by atoms with Crippen molar-refractivity contribution >= 4 is 5.97 Å². The second kappa shape index (κ2) is 5.77. The summed E-state index contributed by atoms with van der Waals surface area (Å²) < 4.78 is 0. The van der Waals surface area contributed by atoms with Crippen molar-refractivity contribution in [3.63, 3.8) is 0 Å². The highest BCUT2D eigenvalue weighted by Crippen LogP contribution is 2.35. The summed E-state index contributed by atoms with van der Waals surface area (Å²) >= 11 is 0. The SMILES string of the molecule is CCNC1(C(=O)O)CCC(N2CCN(C)CC2C)C1. The van der Waals surface area contributed by atoms with Crippen LogP contribution in [0, 0.1) is 0 Å². The molecule has 0 spiro atoms. The van der Waals surface area contributed by atoms with Gasteiger partial charge in [0.25, 0.3) is 0 Å². The summed E-state index contributed by atoms with van der Waals surface area (Å²) in [4.78, 5) is 16.5. The predicted octanol–water partition coefficient (Wildman–Crippen LogP) is 0.608. The molecule has 3 unspecified atom stereocenters. The molecule has 2 N–H and O–H groups in total. The van der Waals surface area contributed by atoms with Crippen LogP contribution in [-0.2, 0) is 4.79 Å². The number of hydrogen-bond donors (Lipinski definition) is 2. The Morgan fingerprint density at radius 1 is 1.47 bits per heavy atom. The molecule has 1 saturated carbocycles. The lowest BCUT2D eigenvalue weighted by molar-refractivity contribution is -0.144. The number of rotatable bonds is 4. The Balaban J connectivity index is 2.02. The minimum absolute atomic E-state index is 0.416. The number of nitrogens with zero attached hydrogens (tertiary/aromatic N) is 2. The number of hydrogen-bond acceptors (Lipinski definition) is 4. The van der Waals surface area contributed by atoms with Gasteiger partial charge in [0, 0.05) is 31.7 Å². The van der Waals surface area contributed by atoms with Crippen molar-refractivity contribution < 1.29 is 9.90 Å². The summed E-state index contributed by atoms with van der Waals surface area (Å²) in [6.45, 7) is 8.18. The van der Waals surface area contributed by atoms with Gasteiger partial charge in [-0.1, -0.05) is 6.92 Å². The van der Waals surface area contributed by atoms with Gasteiger partial charge in [0.2, 0.25) is 0 Å². The molecule has 3 atom stereocenters. The highest BCUT2D eigenvalue weighted by molar-refractivity contribution is 5.79. The Labute approximate surface area is 115 Å². The molecule has 0 aromatic carbocycles. The van der Waals surface area contributed by atoms with Gasteiger partial charge in [-0.3, -0.25) is 9.69 Å². The first kappa shape index (κ1) is 14.8. The third-order valence-corrected chi connectivity index (χ3v) is 4.76. The van der Waals surface area contributed by atoms with E-state index in [2.05, 4.69) is 29.1 Å². The number of piperazine rings is 1. The largest absolute Gasteiger partial charge is 0.480 e. The lowest BCUT2D eigenvalue weighted by atomic mass is 9.97. The van der Waals surface area contributed by atoms with Gasteiger partial charge < -0.3 is 15.3 Å². The third kappa shape index (κ3) is 2.93. The predicted molar refractivity (Wildman–Crippen MR) is 75.3 cm³/mol. The molecule has 0 amide bonds. The molecule has 2 aliphatic rings. The molecular formula is C14H27N3O2. The highest BCUT2D eigenvalue weighted by Gasteiger charge is 2.47. The van der Waals surface area contributed by atoms with Gasteiger partial charge in [-0.25, -0.2) is 0 Å². The van der Waals surface area contributed by atoms with Crippen LogP contribution in [0.1, 0.15) is 33.1 Å². The number of likely N-dealkylation sites (N-methyl/N-ethyl adjacent to an activating group) is 2. The average molecular weight is 269 g/mol. The second-order valence-electron chi connectivity index (χ2n) is 6.16. The molecule has 5 nitrogen and oxygen atoms in total. The van der Waals surface area contributed by atoms with Crippen molar-refractivity contribution in [2.45, 2.75) is 50.7 Å². The molecule has 0 bridgehead atoms. The van der Waals surface area contributed by atoms with E-state index < -0.39 is 11.5 Å². The first-order valence-electron chi connectivity index (χ1n) is 7.41. The number of carboxylic acid groups (broad SMARTS) is 1. The van der Waals surface area contributed by atoms with E-state index in [4.69, 9.17) is 0 Å². The molecule has 1 aliphatic carbocycles. The first-order chi connectivity index (χ1) is 8.98. The van der Waals surface area contributed by atoms with Crippen molar-refractivity contribution in [1.82, 2.24) is 15.1 Å². The fourth-order valence-corrected chi connectivity index (χ4v) is 3.77. The van der Waals surface area contributed by atoms with Gasteiger partial charge >= 0.3 is 5.97 Å². The molecular weight excluding hydrogens is 242 g/mol. The van der Waals surface area contributed by atoms with Crippen molar-refractivity contribution in [3.05, 3.63) is 0 Å². The molecule has 2 rings (SSSR count). The zero-order valence-electron chi connectivity index (χ0n) is 12.4. The summed E-state index contributed by atoms with van der Waals surface area (Å²) in [6, 6.07) is 0.939. The van der Waals surface area contributed by atoms with Crippen molar-refractivity contribution in [2.24, 2.45) is 0 Å². The summed E-state index contributed by atoms with van der Waals surface area (Å²) in [5.74, 6) is -0.682. The van der Waals surface area contributed by atoms with Crippen LogP contribution in [0.5, 0.6) is 0 Å². The molecule has 1 saturated heterocycles. The molecule has 1 heterocycles. The zero-order valence-corrected chi connectivity index (χ0v) is 12.4. The number of nitrogens with one attached hydrogen (secondary N) is 1. The van der Waals surface area contributed by atoms with E-state index in [9.17, 15) is 9.90 Å². The normalized spacial score (nSPS) is 37.6. The smallest absolute Gasteiger partial charge is 0.323 e. The quantitative estimate of drug-likeness (QED) is 0.783. The number of carboxylic acids is 1. The lowest BCUT2D eigenvalue weighted by Crippen LogP contribution is -2.56. The van der Waals surface area contributed by atoms with E-state index in [1.165, 1.54) is 0 Å². The van der Waals surface area contributed by atoms with Crippen LogP contribution in [0.4, 0.5) is 0 Å². The molecule has 19 heavy (non-hydrogen) atoms. The van der Waals surface area contributed by atoms with Gasteiger partial charge in [0.1, 0.15) is 5.54 Å². The lowest BCUT2D eigenvalue weighted by Gasteiger charge is -2.42. The molecule has 110 valence electrons. The van der Waals surface area contributed by atoms with Crippen LogP contribution < -0.4 is 5.32 Å². The summed E-state index contributed by atoms with van der Waals surface area (Å²) in [5.41, 5.74) is -0.692. The molecule has 2 fully saturated rings. The van der Waals surface area contributed by atoms with E-state index in [1.54, 1.807) is 0 Å². The monoisotopic (exact) mass is 269 g/mol. The van der Waals surface area contributed by atoms with Crippen LogP contribution in [-0.4, -0.2) is 71.7 Å². The number of aliphatic carboxylic acids is 1. The third-order valence-electron chi connectivity index (χ3n) is 4.76. The Morgan fingerprint density at radius 2 is 2.21 bits per heavy atom. The Morgan fingerprint density at radius 3 is 2.79 bits per heavy atom. The standard InChI is InChI=1S/C14H27N3O2/c1-4-15-14(13(18)19)6-5-12(9-14)17-8-7-16(3)10-11(17)2/h11-12,15H,4-10H2,1-3H3,(H,18,19). The molecule has 0 aromatic heterocycles. The van der Waals surface area contributed by atoms with Crippen molar-refractivity contribution in [3.8, 4) is 0 Å². The van der Waals surface area contributed by atoms with Gasteiger partial charge in [-0.2, -0.15) is 0 Å². The van der Waals surface area contributed by atoms with Gasteiger partial charge in [-0.15, -0.1) is 0 Å². The Bertz CT molecular complexity index is 337. The first-order valence-corrected chi connectivity index (χ1v) is 7.41. The van der Waals surface area contributed by atoms with Gasteiger partial charge in [0.15, 0.2) is 0 Å². The van der Waals surface area contributed by atoms with Crippen LogP contribution in [0.25, 0.3) is 0 Å². The topological polar surface area (TPSA) is 55.8 Å². The van der Waals surface area contributed by atoms with Crippen LogP contribution >= 0.6 is 0 Å². The average Bonchev–Trinajstić information content (AvgIpc) is 2.75. The van der Waals surface area contributed by atoms with E-state index in [-0.39, 0.29) is 0 Å². The fourth-order valence-electron chi connectivity index (χ4n) is 3.77. The van der Waals surface area contributed by atoms with E-state index >= 15 is 0 Å². The summed E-state index contributed by atoms with van der Waals surface area (Å²) in [6.07, 6.45) is 2.48. The van der Waals surface area contributed by atoms with E-state index in [0.29, 0.717) is 12.1 Å². The van der Waals surface area contributed by atoms with Crippen LogP contribution in [0.2, 0.25) is 0 Å². The second-order valence-corrected chi connectivity index (χ2v) is 6.16. The van der Waals surface area contributed by atoms with Crippen molar-refractivity contribution in [1.29, 1.82) is 0 Å². The number of carbonyl (C=O) groups is 1. The molecule has 0 radical (unpaired) electrons. The van der Waals surface area contributed by atoms with Crippen LogP contribution in [0.15, 0.2) is 0 Å². The van der Waals surface area contributed by atoms with Crippen molar-refractivity contribution in [2.75, 3.05) is 33.2 Å². The maximum absolute atomic E-state index is 11.6. The maximum atomic E-state index is 11.6. The fraction of sp³-hybridized carbons (Fsp3) is 0.929. The minimum atomic E-state index is -0.692. The maximum Gasteiger partial charge on any atom is 0.323 e. The molecule has 0 aromatic rings. The van der Waals surface area contributed by atoms with Gasteiger partial charge in [0.05, 0.1) is 0 Å². The molecule has 5 heteroatoms. The Kier molecular flexibility index (Phi) is 4.48. The summed E-state index contributed by atoms with van der Waals surface area (Å²) in [5, 5.41) is 12.7. The van der Waals surface area contributed by atoms with Crippen LogP contribution in [0.3, 0.4) is 0 Å². The minimum Gasteiger partial charge on any atom is -0.480 e. The van der Waals surface area contributed by atoms with E-state index in [1.807, 2.05) is 6.92 Å². The zero-order chi connectivity index (χ0) is 14.0. The summed E-state index contributed by atoms with van der Waals surface area (Å²) in [7, 11) is 2.16.